The van der Waals surface area contributed by atoms with Crippen molar-refractivity contribution in [3.8, 4) is 0 Å². The minimum Gasteiger partial charge on any atom is -0.862 e. The number of aliphatic hydroxyl groups excluding tert-OH is 2. The molecule has 0 aromatic rings. The molecule has 0 spiro atoms. The summed E-state index contributed by atoms with van der Waals surface area (Å²) in [5.74, 6) is -2.25. The van der Waals surface area contributed by atoms with Gasteiger partial charge in [0.1, 0.15) is 0 Å². The Kier molecular flexibility index (Phi) is 37.3. The molecule has 0 aliphatic rings. The van der Waals surface area contributed by atoms with Gasteiger partial charge in [-0.25, -0.2) is 0 Å². The molecule has 4 N–H and O–H groups in total. The third-order valence-electron chi connectivity index (χ3n) is 5.74. The standard InChI is InChI=1S/2C15H28N2O4.Ca/c2*1-2-3-4-5-6-8-14(19)16-9-11-17(10-7-12-18)13-15(20)21;/h2*4-5,18H,2-3,6-13H2,1H3,(H,16,19)(H,20,21);/q;;+2/p-2/b2*5-4+;. The number of aliphatic imine (C=N–C) groups is 1. The van der Waals surface area contributed by atoms with Crippen molar-refractivity contribution in [2.45, 2.75) is 78.1 Å². The first-order chi connectivity index (χ1) is 20.2. The van der Waals surface area contributed by atoms with Crippen molar-refractivity contribution in [2.24, 2.45) is 4.99 Å². The molecule has 0 aromatic carbocycles. The number of nitrogens with one attached hydrogen (secondary N) is 1. The number of aliphatic hydroxyl groups is 2. The SMILES string of the molecule is CCC/C=C/CCC(=O)NCCN(CCCO)CC(=O)O.CCC/C=C/CCC([O-])=NCCN(CCCO)CC(=O)[O-].[Ca+2]. The maximum atomic E-state index is 11.6. The zero-order chi connectivity index (χ0) is 31.8. The number of hydrogen-bond acceptors (Lipinski definition) is 10. The van der Waals surface area contributed by atoms with Crippen LogP contribution in [-0.4, -0.2) is 152 Å². The first kappa shape index (κ1) is 45.9. The zero-order valence-electron chi connectivity index (χ0n) is 26.4. The number of nitrogens with zero attached hydrogens (tertiary/aromatic N) is 3. The van der Waals surface area contributed by atoms with Crippen molar-refractivity contribution in [1.82, 2.24) is 15.1 Å². The second-order valence-electron chi connectivity index (χ2n) is 9.70. The predicted octanol–water partition coefficient (Wildman–Crippen LogP) is -0.0567. The first-order valence-corrected chi connectivity index (χ1v) is 15.0. The van der Waals surface area contributed by atoms with Crippen LogP contribution in [0.3, 0.4) is 0 Å². The van der Waals surface area contributed by atoms with Crippen molar-refractivity contribution in [2.75, 3.05) is 65.6 Å². The number of amides is 1. The summed E-state index contributed by atoms with van der Waals surface area (Å²) in [6, 6.07) is 0. The van der Waals surface area contributed by atoms with Crippen LogP contribution >= 0.6 is 0 Å². The Labute approximate surface area is 287 Å². The van der Waals surface area contributed by atoms with Gasteiger partial charge in [-0.15, -0.1) is 0 Å². The van der Waals surface area contributed by atoms with Gasteiger partial charge in [0, 0.05) is 58.9 Å². The number of carboxylic acids is 2. The maximum absolute atomic E-state index is 11.6. The molecule has 244 valence electrons. The number of aliphatic carboxylic acids is 2. The van der Waals surface area contributed by atoms with Crippen molar-refractivity contribution >= 4 is 61.5 Å². The van der Waals surface area contributed by atoms with Crippen molar-refractivity contribution in [1.29, 1.82) is 0 Å². The maximum Gasteiger partial charge on any atom is 2.00 e. The summed E-state index contributed by atoms with van der Waals surface area (Å²) in [5, 5.41) is 51.2. The Morgan fingerprint density at radius 1 is 0.767 bits per heavy atom. The average Bonchev–Trinajstić information content (AvgIpc) is 2.94. The van der Waals surface area contributed by atoms with E-state index < -0.39 is 11.9 Å². The molecule has 0 atom stereocenters. The van der Waals surface area contributed by atoms with Gasteiger partial charge in [-0.05, 0) is 50.8 Å². The van der Waals surface area contributed by atoms with Crippen molar-refractivity contribution < 1.29 is 39.9 Å². The van der Waals surface area contributed by atoms with E-state index in [4.69, 9.17) is 15.3 Å². The predicted molar refractivity (Wildman–Crippen MR) is 167 cm³/mol. The Balaban J connectivity index is -0.000000727. The molecule has 0 aromatic heterocycles. The number of hydrogen-bond donors (Lipinski definition) is 4. The summed E-state index contributed by atoms with van der Waals surface area (Å²) in [6.45, 7) is 6.49. The number of allylic oxidation sites excluding steroid dienone is 4. The first-order valence-electron chi connectivity index (χ1n) is 15.0. The molecule has 0 bridgehead atoms. The van der Waals surface area contributed by atoms with Crippen LogP contribution in [0.5, 0.6) is 0 Å². The molecule has 43 heavy (non-hydrogen) atoms. The van der Waals surface area contributed by atoms with Crippen LogP contribution in [0.4, 0.5) is 0 Å². The fraction of sp³-hybridized carbons (Fsp3) is 0.733. The normalized spacial score (nSPS) is 11.5. The van der Waals surface area contributed by atoms with E-state index >= 15 is 0 Å². The molecule has 0 heterocycles. The van der Waals surface area contributed by atoms with Gasteiger partial charge in [-0.2, -0.15) is 0 Å². The molecular formula is C30H54CaN4O8. The van der Waals surface area contributed by atoms with Crippen LogP contribution in [-0.2, 0) is 14.4 Å². The topological polar surface area (TPSA) is 189 Å². The number of rotatable bonds is 26. The Bertz CT molecular complexity index is 781. The fourth-order valence-electron chi connectivity index (χ4n) is 3.57. The van der Waals surface area contributed by atoms with Gasteiger partial charge in [0.2, 0.25) is 5.91 Å². The van der Waals surface area contributed by atoms with Crippen LogP contribution in [0.15, 0.2) is 29.3 Å². The smallest absolute Gasteiger partial charge is 0.862 e. The van der Waals surface area contributed by atoms with E-state index in [-0.39, 0.29) is 82.4 Å². The minimum absolute atomic E-state index is 0. The third-order valence-corrected chi connectivity index (χ3v) is 5.74. The number of carbonyl (C=O) groups is 3. The quantitative estimate of drug-likeness (QED) is 0.0433. The Morgan fingerprint density at radius 3 is 1.77 bits per heavy atom. The van der Waals surface area contributed by atoms with Gasteiger partial charge in [0.05, 0.1) is 19.1 Å². The third kappa shape index (κ3) is 36.6. The van der Waals surface area contributed by atoms with Gasteiger partial charge in [0.15, 0.2) is 0 Å². The summed E-state index contributed by atoms with van der Waals surface area (Å²) in [7, 11) is 0. The molecule has 1 amide bonds. The van der Waals surface area contributed by atoms with Gasteiger partial charge in [-0.1, -0.05) is 51.0 Å². The molecule has 0 aliphatic heterocycles. The Hall–Kier alpha value is -1.54. The molecule has 0 rings (SSSR count). The molecule has 0 aliphatic carbocycles. The van der Waals surface area contributed by atoms with E-state index in [1.807, 2.05) is 12.2 Å². The van der Waals surface area contributed by atoms with Crippen molar-refractivity contribution in [3.63, 3.8) is 0 Å². The summed E-state index contributed by atoms with van der Waals surface area (Å²) >= 11 is 0. The summed E-state index contributed by atoms with van der Waals surface area (Å²) < 4.78 is 0. The van der Waals surface area contributed by atoms with E-state index in [1.54, 1.807) is 9.80 Å². The van der Waals surface area contributed by atoms with Crippen LogP contribution in [0, 0.1) is 0 Å². The van der Waals surface area contributed by atoms with Crippen LogP contribution < -0.4 is 15.5 Å². The van der Waals surface area contributed by atoms with Crippen LogP contribution in [0.2, 0.25) is 0 Å². The number of carboxylic acid groups (broad SMARTS) is 2. The zero-order valence-corrected chi connectivity index (χ0v) is 28.6. The van der Waals surface area contributed by atoms with Crippen LogP contribution in [0.1, 0.15) is 78.1 Å². The monoisotopic (exact) mass is 638 g/mol. The molecule has 0 saturated heterocycles. The average molecular weight is 639 g/mol. The van der Waals surface area contributed by atoms with Gasteiger partial charge < -0.3 is 40.6 Å². The molecule has 13 heteroatoms. The van der Waals surface area contributed by atoms with E-state index in [0.717, 1.165) is 32.1 Å². The fourth-order valence-corrected chi connectivity index (χ4v) is 3.57. The second-order valence-corrected chi connectivity index (χ2v) is 9.70. The molecule has 0 unspecified atom stereocenters. The molecular weight excluding hydrogens is 584 g/mol. The molecule has 0 fully saturated rings. The largest absolute Gasteiger partial charge is 2.00 e. The summed E-state index contributed by atoms with van der Waals surface area (Å²) in [5.41, 5.74) is 0. The van der Waals surface area contributed by atoms with Crippen molar-refractivity contribution in [3.05, 3.63) is 24.3 Å². The summed E-state index contributed by atoms with van der Waals surface area (Å²) in [4.78, 5) is 40.1. The van der Waals surface area contributed by atoms with Gasteiger partial charge >= 0.3 is 43.7 Å². The minimum atomic E-state index is -1.17. The number of carbonyl (C=O) groups excluding carboxylic acids is 2. The summed E-state index contributed by atoms with van der Waals surface area (Å²) in [6.07, 6.45) is 15.7. The van der Waals surface area contributed by atoms with Crippen LogP contribution in [0.25, 0.3) is 0 Å². The Morgan fingerprint density at radius 2 is 1.28 bits per heavy atom. The second kappa shape index (κ2) is 34.9. The van der Waals surface area contributed by atoms with E-state index in [2.05, 4.69) is 36.3 Å². The van der Waals surface area contributed by atoms with Gasteiger partial charge in [0.25, 0.3) is 0 Å². The molecule has 0 radical (unpaired) electrons. The van der Waals surface area contributed by atoms with E-state index in [0.29, 0.717) is 64.8 Å². The van der Waals surface area contributed by atoms with E-state index in [9.17, 15) is 24.6 Å². The molecule has 0 saturated carbocycles. The number of unbranched alkanes of at least 4 members (excludes halogenated alkanes) is 2. The van der Waals surface area contributed by atoms with Gasteiger partial charge in [-0.3, -0.25) is 19.4 Å². The molecule has 12 nitrogen and oxygen atoms in total. The van der Waals surface area contributed by atoms with E-state index in [1.165, 1.54) is 0 Å².